The van der Waals surface area contributed by atoms with E-state index in [4.69, 9.17) is 16.3 Å². The fraction of sp³-hybridized carbons (Fsp3) is 0.450. The number of rotatable bonds is 7. The Kier molecular flexibility index (Phi) is 7.55. The van der Waals surface area contributed by atoms with Crippen LogP contribution in [0.4, 0.5) is 11.6 Å². The van der Waals surface area contributed by atoms with Crippen molar-refractivity contribution in [2.24, 2.45) is 0 Å². The number of nitrogens with one attached hydrogen (secondary N) is 1. The van der Waals surface area contributed by atoms with E-state index >= 15 is 0 Å². The minimum atomic E-state index is -3.73. The average Bonchev–Trinajstić information content (AvgIpc) is 2.79. The Morgan fingerprint density at radius 2 is 1.91 bits per heavy atom. The molecule has 1 N–H and O–H groups in total. The highest BCUT2D eigenvalue weighted by Crippen LogP contribution is 2.27. The molecule has 1 aromatic carbocycles. The van der Waals surface area contributed by atoms with Crippen LogP contribution in [0, 0.1) is 0 Å². The fourth-order valence-corrected chi connectivity index (χ4v) is 4.69. The van der Waals surface area contributed by atoms with E-state index in [1.807, 2.05) is 11.8 Å². The molecule has 1 aliphatic heterocycles. The Balaban J connectivity index is 1.63. The van der Waals surface area contributed by atoms with E-state index in [1.54, 1.807) is 25.4 Å². The highest BCUT2D eigenvalue weighted by molar-refractivity contribution is 7.89. The molecule has 0 aliphatic carbocycles. The summed E-state index contributed by atoms with van der Waals surface area (Å²) in [5.41, 5.74) is 0.370. The molecule has 1 aliphatic rings. The molecule has 0 saturated carbocycles. The zero-order valence-corrected chi connectivity index (χ0v) is 20.0. The number of sulfonamides is 1. The molecule has 12 heteroatoms. The minimum Gasteiger partial charge on any atom is -0.481 e. The van der Waals surface area contributed by atoms with Gasteiger partial charge in [-0.2, -0.15) is 4.98 Å². The fourth-order valence-electron chi connectivity index (χ4n) is 3.30. The van der Waals surface area contributed by atoms with Gasteiger partial charge in [-0.3, -0.25) is 9.69 Å². The van der Waals surface area contributed by atoms with Crippen molar-refractivity contribution >= 4 is 39.2 Å². The van der Waals surface area contributed by atoms with Crippen LogP contribution in [0.2, 0.25) is 5.02 Å². The lowest BCUT2D eigenvalue weighted by atomic mass is 10.2. The molecule has 0 spiro atoms. The third kappa shape index (κ3) is 5.29. The van der Waals surface area contributed by atoms with Crippen LogP contribution in [-0.2, 0) is 14.8 Å². The van der Waals surface area contributed by atoms with Gasteiger partial charge in [0.15, 0.2) is 0 Å². The van der Waals surface area contributed by atoms with Crippen molar-refractivity contribution in [1.29, 1.82) is 0 Å². The van der Waals surface area contributed by atoms with Gasteiger partial charge in [0.1, 0.15) is 4.90 Å². The van der Waals surface area contributed by atoms with Gasteiger partial charge < -0.3 is 15.0 Å². The molecule has 2 heterocycles. The number of anilines is 2. The summed E-state index contributed by atoms with van der Waals surface area (Å²) >= 11 is 6.08. The standard InChI is InChI=1S/C20H27ClN6O4S/c1-14(26-9-11-27(12-10-26)20-22-8-7-18(24-20)31-4)19(28)23-15-5-6-16(21)17(13-15)32(29,30)25(2)3/h5-8,13-14H,9-12H2,1-4H3,(H,23,28)/t14-/m0/s1. The molecule has 1 fully saturated rings. The normalized spacial score (nSPS) is 16.1. The lowest BCUT2D eigenvalue weighted by Crippen LogP contribution is -2.53. The Bertz CT molecular complexity index is 1070. The molecule has 10 nitrogen and oxygen atoms in total. The summed E-state index contributed by atoms with van der Waals surface area (Å²) < 4.78 is 31.1. The Morgan fingerprint density at radius 1 is 1.22 bits per heavy atom. The maximum absolute atomic E-state index is 12.8. The zero-order chi connectivity index (χ0) is 23.5. The van der Waals surface area contributed by atoms with Gasteiger partial charge in [-0.05, 0) is 25.1 Å². The molecular formula is C20H27ClN6O4S. The molecule has 174 valence electrons. The molecule has 1 saturated heterocycles. The van der Waals surface area contributed by atoms with Crippen molar-refractivity contribution in [2.75, 3.05) is 57.6 Å². The number of carbonyl (C=O) groups excluding carboxylic acids is 1. The number of benzene rings is 1. The molecule has 32 heavy (non-hydrogen) atoms. The molecule has 3 rings (SSSR count). The van der Waals surface area contributed by atoms with Crippen LogP contribution in [0.5, 0.6) is 5.88 Å². The molecule has 0 unspecified atom stereocenters. The number of aromatic nitrogens is 2. The van der Waals surface area contributed by atoms with E-state index in [0.29, 0.717) is 43.7 Å². The van der Waals surface area contributed by atoms with Crippen molar-refractivity contribution in [1.82, 2.24) is 19.2 Å². The summed E-state index contributed by atoms with van der Waals surface area (Å²) in [4.78, 5) is 25.5. The second-order valence-electron chi connectivity index (χ2n) is 7.52. The van der Waals surface area contributed by atoms with Gasteiger partial charge in [0.2, 0.25) is 27.8 Å². The van der Waals surface area contributed by atoms with E-state index in [0.717, 1.165) is 4.31 Å². The summed E-state index contributed by atoms with van der Waals surface area (Å²) in [6.07, 6.45) is 1.65. The van der Waals surface area contributed by atoms with Gasteiger partial charge in [0, 0.05) is 58.2 Å². The smallest absolute Gasteiger partial charge is 0.244 e. The second-order valence-corrected chi connectivity index (χ2v) is 10.0. The van der Waals surface area contributed by atoms with Gasteiger partial charge in [0.25, 0.3) is 0 Å². The summed E-state index contributed by atoms with van der Waals surface area (Å²) in [6.45, 7) is 4.44. The molecule has 1 atom stereocenters. The van der Waals surface area contributed by atoms with Crippen LogP contribution in [0.25, 0.3) is 0 Å². The summed E-state index contributed by atoms with van der Waals surface area (Å²) in [6, 6.07) is 5.71. The topological polar surface area (TPSA) is 108 Å². The number of halogens is 1. The number of carbonyl (C=O) groups is 1. The van der Waals surface area contributed by atoms with Gasteiger partial charge in [-0.1, -0.05) is 11.6 Å². The zero-order valence-electron chi connectivity index (χ0n) is 18.4. The molecular weight excluding hydrogens is 456 g/mol. The molecule has 0 bridgehead atoms. The predicted molar refractivity (Wildman–Crippen MR) is 123 cm³/mol. The average molecular weight is 483 g/mol. The van der Waals surface area contributed by atoms with Gasteiger partial charge >= 0.3 is 0 Å². The largest absolute Gasteiger partial charge is 0.481 e. The number of ether oxygens (including phenoxy) is 1. The van der Waals surface area contributed by atoms with Crippen LogP contribution in [0.15, 0.2) is 35.4 Å². The minimum absolute atomic E-state index is 0.0541. The maximum Gasteiger partial charge on any atom is 0.244 e. The monoisotopic (exact) mass is 482 g/mol. The van der Waals surface area contributed by atoms with Crippen molar-refractivity contribution in [3.8, 4) is 5.88 Å². The summed E-state index contributed by atoms with van der Waals surface area (Å²) in [7, 11) is 0.680. The SMILES string of the molecule is COc1ccnc(N2CCN([C@@H](C)C(=O)Nc3ccc(Cl)c(S(=O)(=O)N(C)C)c3)CC2)n1. The first-order chi connectivity index (χ1) is 15.1. The number of methoxy groups -OCH3 is 1. The number of piperazine rings is 1. The van der Waals surface area contributed by atoms with Gasteiger partial charge in [0.05, 0.1) is 18.2 Å². The predicted octanol–water partition coefficient (Wildman–Crippen LogP) is 1.54. The van der Waals surface area contributed by atoms with E-state index in [-0.39, 0.29) is 15.8 Å². The number of hydrogen-bond donors (Lipinski definition) is 1. The Morgan fingerprint density at radius 3 is 2.53 bits per heavy atom. The van der Waals surface area contributed by atoms with Crippen LogP contribution >= 0.6 is 11.6 Å². The second kappa shape index (κ2) is 9.99. The molecule has 1 amide bonds. The molecule has 0 radical (unpaired) electrons. The number of amides is 1. The molecule has 1 aromatic heterocycles. The van der Waals surface area contributed by atoms with Gasteiger partial charge in [-0.25, -0.2) is 17.7 Å². The summed E-state index contributed by atoms with van der Waals surface area (Å²) in [5, 5.41) is 2.90. The van der Waals surface area contributed by atoms with E-state index < -0.39 is 16.1 Å². The first-order valence-corrected chi connectivity index (χ1v) is 11.8. The maximum atomic E-state index is 12.8. The van der Waals surface area contributed by atoms with Crippen LogP contribution in [-0.4, -0.2) is 86.9 Å². The Hall–Kier alpha value is -2.47. The van der Waals surface area contributed by atoms with Crippen LogP contribution < -0.4 is 15.0 Å². The lowest BCUT2D eigenvalue weighted by Gasteiger charge is -2.37. The first kappa shape index (κ1) is 24.2. The third-order valence-corrected chi connectivity index (χ3v) is 7.60. The van der Waals surface area contributed by atoms with E-state index in [2.05, 4.69) is 20.2 Å². The highest BCUT2D eigenvalue weighted by Gasteiger charge is 2.27. The van der Waals surface area contributed by atoms with E-state index in [1.165, 1.54) is 26.2 Å². The highest BCUT2D eigenvalue weighted by atomic mass is 35.5. The lowest BCUT2D eigenvalue weighted by molar-refractivity contribution is -0.120. The quantitative estimate of drug-likeness (QED) is 0.633. The van der Waals surface area contributed by atoms with Crippen LogP contribution in [0.1, 0.15) is 6.92 Å². The Labute approximate surface area is 193 Å². The van der Waals surface area contributed by atoms with Gasteiger partial charge in [-0.15, -0.1) is 0 Å². The van der Waals surface area contributed by atoms with Crippen molar-refractivity contribution in [3.63, 3.8) is 0 Å². The van der Waals surface area contributed by atoms with Crippen LogP contribution in [0.3, 0.4) is 0 Å². The van der Waals surface area contributed by atoms with Crippen molar-refractivity contribution in [2.45, 2.75) is 17.9 Å². The number of nitrogens with zero attached hydrogens (tertiary/aromatic N) is 5. The van der Waals surface area contributed by atoms with Crippen molar-refractivity contribution in [3.05, 3.63) is 35.5 Å². The first-order valence-electron chi connectivity index (χ1n) is 10.0. The van der Waals surface area contributed by atoms with Crippen molar-refractivity contribution < 1.29 is 17.9 Å². The van der Waals surface area contributed by atoms with E-state index in [9.17, 15) is 13.2 Å². The summed E-state index contributed by atoms with van der Waals surface area (Å²) in [5.74, 6) is 0.868. The molecule has 2 aromatic rings. The number of hydrogen-bond acceptors (Lipinski definition) is 8. The third-order valence-electron chi connectivity index (χ3n) is 5.31.